The van der Waals surface area contributed by atoms with Crippen molar-refractivity contribution in [3.8, 4) is 0 Å². The van der Waals surface area contributed by atoms with Gasteiger partial charge < -0.3 is 10.3 Å². The maximum Gasteiger partial charge on any atom is 0.181 e. The summed E-state index contributed by atoms with van der Waals surface area (Å²) in [6.45, 7) is 0. The summed E-state index contributed by atoms with van der Waals surface area (Å²) >= 11 is 3.43. The van der Waals surface area contributed by atoms with E-state index in [2.05, 4.69) is 21.1 Å². The zero-order valence-electron chi connectivity index (χ0n) is 8.13. The van der Waals surface area contributed by atoms with Crippen LogP contribution in [0, 0.1) is 0 Å². The summed E-state index contributed by atoms with van der Waals surface area (Å²) < 4.78 is 6.13. The summed E-state index contributed by atoms with van der Waals surface area (Å²) in [7, 11) is 0. The number of aromatic nitrogens is 1. The number of rotatable bonds is 1. The molecule has 1 aromatic rings. The molecule has 4 heteroatoms. The van der Waals surface area contributed by atoms with Gasteiger partial charge in [-0.1, -0.05) is 30.8 Å². The third-order valence-electron chi connectivity index (χ3n) is 2.91. The van der Waals surface area contributed by atoms with Crippen molar-refractivity contribution >= 4 is 21.7 Å². The van der Waals surface area contributed by atoms with Crippen molar-refractivity contribution in [1.82, 2.24) is 5.16 Å². The SMILES string of the molecule is Nc1noc(C2CCCCCC2)c1Br. The van der Waals surface area contributed by atoms with Crippen LogP contribution in [0.5, 0.6) is 0 Å². The number of hydrogen-bond donors (Lipinski definition) is 1. The molecule has 0 radical (unpaired) electrons. The molecule has 1 saturated carbocycles. The van der Waals surface area contributed by atoms with E-state index in [1.54, 1.807) is 0 Å². The molecule has 0 saturated heterocycles. The van der Waals surface area contributed by atoms with E-state index < -0.39 is 0 Å². The topological polar surface area (TPSA) is 52.0 Å². The van der Waals surface area contributed by atoms with Crippen LogP contribution in [0.2, 0.25) is 0 Å². The van der Waals surface area contributed by atoms with Gasteiger partial charge in [0.1, 0.15) is 4.47 Å². The molecule has 14 heavy (non-hydrogen) atoms. The first-order chi connectivity index (χ1) is 6.79. The maximum atomic E-state index is 5.63. The van der Waals surface area contributed by atoms with E-state index >= 15 is 0 Å². The zero-order chi connectivity index (χ0) is 9.97. The van der Waals surface area contributed by atoms with Gasteiger partial charge in [0.25, 0.3) is 0 Å². The molecule has 2 N–H and O–H groups in total. The van der Waals surface area contributed by atoms with Gasteiger partial charge in [0, 0.05) is 5.92 Å². The average Bonchev–Trinajstić information content (AvgIpc) is 2.47. The van der Waals surface area contributed by atoms with Crippen molar-refractivity contribution in [2.75, 3.05) is 5.73 Å². The Labute approximate surface area is 92.2 Å². The number of halogens is 1. The lowest BCUT2D eigenvalue weighted by Gasteiger charge is -2.09. The predicted octanol–water partition coefficient (Wildman–Crippen LogP) is 3.46. The van der Waals surface area contributed by atoms with Gasteiger partial charge in [0.05, 0.1) is 0 Å². The van der Waals surface area contributed by atoms with Gasteiger partial charge in [-0.15, -0.1) is 0 Å². The Bertz CT molecular complexity index is 303. The Morgan fingerprint density at radius 1 is 1.21 bits per heavy atom. The van der Waals surface area contributed by atoms with E-state index in [-0.39, 0.29) is 0 Å². The standard InChI is InChI=1S/C10H15BrN2O/c11-8-9(14-13-10(8)12)7-5-3-1-2-4-6-7/h7H,1-6H2,(H2,12,13). The van der Waals surface area contributed by atoms with Gasteiger partial charge in [-0.05, 0) is 28.8 Å². The van der Waals surface area contributed by atoms with Crippen LogP contribution in [0.3, 0.4) is 0 Å². The molecule has 0 bridgehead atoms. The summed E-state index contributed by atoms with van der Waals surface area (Å²) in [4.78, 5) is 0. The van der Waals surface area contributed by atoms with Crippen molar-refractivity contribution < 1.29 is 4.52 Å². The summed E-state index contributed by atoms with van der Waals surface area (Å²) in [6.07, 6.45) is 7.67. The van der Waals surface area contributed by atoms with Crippen LogP contribution in [0.1, 0.15) is 50.2 Å². The van der Waals surface area contributed by atoms with Gasteiger partial charge in [0.15, 0.2) is 11.6 Å². The van der Waals surface area contributed by atoms with Crippen molar-refractivity contribution in [3.05, 3.63) is 10.2 Å². The average molecular weight is 259 g/mol. The fourth-order valence-corrected chi connectivity index (χ4v) is 2.57. The first-order valence-electron chi connectivity index (χ1n) is 5.19. The van der Waals surface area contributed by atoms with Gasteiger partial charge >= 0.3 is 0 Å². The molecule has 0 amide bonds. The Balaban J connectivity index is 2.16. The highest BCUT2D eigenvalue weighted by molar-refractivity contribution is 9.10. The molecule has 78 valence electrons. The van der Waals surface area contributed by atoms with Crippen LogP contribution in [0.25, 0.3) is 0 Å². The number of nitrogens with two attached hydrogens (primary N) is 1. The van der Waals surface area contributed by atoms with E-state index in [4.69, 9.17) is 10.3 Å². The zero-order valence-corrected chi connectivity index (χ0v) is 9.72. The molecule has 1 heterocycles. The Morgan fingerprint density at radius 3 is 2.36 bits per heavy atom. The molecule has 1 aromatic heterocycles. The number of nitrogen functional groups attached to an aromatic ring is 1. The molecule has 0 unspecified atom stereocenters. The van der Waals surface area contributed by atoms with Crippen LogP contribution in [-0.2, 0) is 0 Å². The van der Waals surface area contributed by atoms with Crippen molar-refractivity contribution in [2.24, 2.45) is 0 Å². The molecule has 2 rings (SSSR count). The Hall–Kier alpha value is -0.510. The fraction of sp³-hybridized carbons (Fsp3) is 0.700. The van der Waals surface area contributed by atoms with E-state index in [1.807, 2.05) is 0 Å². The minimum atomic E-state index is 0.476. The molecule has 0 aliphatic heterocycles. The molecule has 0 aromatic carbocycles. The second kappa shape index (κ2) is 4.34. The van der Waals surface area contributed by atoms with Crippen LogP contribution in [-0.4, -0.2) is 5.16 Å². The molecule has 0 atom stereocenters. The van der Waals surface area contributed by atoms with Gasteiger partial charge in [0.2, 0.25) is 0 Å². The minimum absolute atomic E-state index is 0.476. The van der Waals surface area contributed by atoms with E-state index in [9.17, 15) is 0 Å². The summed E-state index contributed by atoms with van der Waals surface area (Å²) in [6, 6.07) is 0. The first-order valence-corrected chi connectivity index (χ1v) is 5.99. The highest BCUT2D eigenvalue weighted by atomic mass is 79.9. The first kappa shape index (κ1) is 10.0. The Kier molecular flexibility index (Phi) is 3.11. The van der Waals surface area contributed by atoms with Crippen LogP contribution in [0.4, 0.5) is 5.82 Å². The molecule has 1 fully saturated rings. The smallest absolute Gasteiger partial charge is 0.181 e. The van der Waals surface area contributed by atoms with Crippen LogP contribution < -0.4 is 5.73 Å². The number of nitrogens with zero attached hydrogens (tertiary/aromatic N) is 1. The molecule has 0 spiro atoms. The summed E-state index contributed by atoms with van der Waals surface area (Å²) in [5, 5.41) is 3.78. The third kappa shape index (κ3) is 1.95. The van der Waals surface area contributed by atoms with E-state index in [0.717, 1.165) is 10.2 Å². The molecule has 1 aliphatic carbocycles. The lowest BCUT2D eigenvalue weighted by Crippen LogP contribution is -1.96. The minimum Gasteiger partial charge on any atom is -0.380 e. The second-order valence-electron chi connectivity index (χ2n) is 3.93. The monoisotopic (exact) mass is 258 g/mol. The van der Waals surface area contributed by atoms with Crippen LogP contribution >= 0.6 is 15.9 Å². The predicted molar refractivity (Wildman–Crippen MR) is 59.1 cm³/mol. The highest BCUT2D eigenvalue weighted by Crippen LogP contribution is 2.37. The molecule has 3 nitrogen and oxygen atoms in total. The van der Waals surface area contributed by atoms with Gasteiger partial charge in [-0.25, -0.2) is 0 Å². The molecule has 1 aliphatic rings. The normalized spacial score (nSPS) is 19.5. The number of anilines is 1. The van der Waals surface area contributed by atoms with Crippen molar-refractivity contribution in [2.45, 2.75) is 44.4 Å². The summed E-state index contributed by atoms with van der Waals surface area (Å²) in [5.74, 6) is 1.94. The van der Waals surface area contributed by atoms with Crippen molar-refractivity contribution in [3.63, 3.8) is 0 Å². The molecular formula is C10H15BrN2O. The van der Waals surface area contributed by atoms with E-state index in [0.29, 0.717) is 11.7 Å². The van der Waals surface area contributed by atoms with E-state index in [1.165, 1.54) is 38.5 Å². The van der Waals surface area contributed by atoms with Gasteiger partial charge in [-0.2, -0.15) is 0 Å². The lowest BCUT2D eigenvalue weighted by atomic mass is 9.98. The lowest BCUT2D eigenvalue weighted by molar-refractivity contribution is 0.348. The maximum absolute atomic E-state index is 5.63. The summed E-state index contributed by atoms with van der Waals surface area (Å²) in [5.41, 5.74) is 5.63. The molecular weight excluding hydrogens is 244 g/mol. The largest absolute Gasteiger partial charge is 0.380 e. The van der Waals surface area contributed by atoms with Gasteiger partial charge in [-0.3, -0.25) is 0 Å². The highest BCUT2D eigenvalue weighted by Gasteiger charge is 2.22. The fourth-order valence-electron chi connectivity index (χ4n) is 2.10. The Morgan fingerprint density at radius 2 is 1.86 bits per heavy atom. The number of hydrogen-bond acceptors (Lipinski definition) is 3. The van der Waals surface area contributed by atoms with Crippen molar-refractivity contribution in [1.29, 1.82) is 0 Å². The third-order valence-corrected chi connectivity index (χ3v) is 3.71. The van der Waals surface area contributed by atoms with Crippen LogP contribution in [0.15, 0.2) is 9.00 Å². The second-order valence-corrected chi connectivity index (χ2v) is 4.73. The quantitative estimate of drug-likeness (QED) is 0.786.